The van der Waals surface area contributed by atoms with Gasteiger partial charge in [-0.1, -0.05) is 73.1 Å². The van der Waals surface area contributed by atoms with Crippen molar-refractivity contribution in [2.24, 2.45) is 0 Å². The van der Waals surface area contributed by atoms with Crippen LogP contribution in [0.25, 0.3) is 0 Å². The van der Waals surface area contributed by atoms with Crippen LogP contribution in [0.2, 0.25) is 5.02 Å². The maximum Gasteiger partial charge on any atom is 0.244 e. The summed E-state index contributed by atoms with van der Waals surface area (Å²) >= 11 is 6.10. The quantitative estimate of drug-likeness (QED) is 0.279. The molecule has 10 heteroatoms. The molecule has 0 heterocycles. The van der Waals surface area contributed by atoms with Crippen LogP contribution in [0.1, 0.15) is 38.3 Å². The van der Waals surface area contributed by atoms with E-state index in [9.17, 15) is 18.0 Å². The minimum atomic E-state index is -3.91. The number of anilines is 1. The van der Waals surface area contributed by atoms with E-state index >= 15 is 0 Å². The van der Waals surface area contributed by atoms with Gasteiger partial charge < -0.3 is 15.0 Å². The van der Waals surface area contributed by atoms with Gasteiger partial charge in [0.15, 0.2) is 0 Å². The lowest BCUT2D eigenvalue weighted by Crippen LogP contribution is -2.54. The summed E-state index contributed by atoms with van der Waals surface area (Å²) in [7, 11) is -3.91. The van der Waals surface area contributed by atoms with Gasteiger partial charge in [0.25, 0.3) is 0 Å². The molecule has 0 bridgehead atoms. The molecule has 0 unspecified atom stereocenters. The van der Waals surface area contributed by atoms with Gasteiger partial charge in [-0.2, -0.15) is 0 Å². The summed E-state index contributed by atoms with van der Waals surface area (Å²) in [6, 6.07) is 22.1. The highest BCUT2D eigenvalue weighted by Gasteiger charge is 2.34. The fraction of sp³-hybridized carbons (Fsp3) is 0.355. The summed E-state index contributed by atoms with van der Waals surface area (Å²) in [5, 5.41) is 3.56. The Morgan fingerprint density at radius 1 is 0.927 bits per heavy atom. The molecule has 8 nitrogen and oxygen atoms in total. The normalized spacial score (nSPS) is 12.7. The Hall–Kier alpha value is -3.56. The molecule has 1 N–H and O–H groups in total. The maximum absolute atomic E-state index is 14.2. The molecule has 0 fully saturated rings. The molecule has 2 amide bonds. The number of para-hydroxylation sites is 2. The van der Waals surface area contributed by atoms with Crippen molar-refractivity contribution in [1.82, 2.24) is 10.2 Å². The molecule has 0 aliphatic heterocycles. The van der Waals surface area contributed by atoms with Gasteiger partial charge in [0.2, 0.25) is 21.8 Å². The highest BCUT2D eigenvalue weighted by Crippen LogP contribution is 2.30. The van der Waals surface area contributed by atoms with Crippen LogP contribution < -0.4 is 14.4 Å². The van der Waals surface area contributed by atoms with Crippen molar-refractivity contribution in [2.75, 3.05) is 23.7 Å². The Labute approximate surface area is 248 Å². The summed E-state index contributed by atoms with van der Waals surface area (Å²) in [5.41, 5.74) is 1.87. The molecule has 0 radical (unpaired) electrons. The molecule has 2 atom stereocenters. The number of hydrogen-bond acceptors (Lipinski definition) is 5. The minimum absolute atomic E-state index is 0.0755. The van der Waals surface area contributed by atoms with Crippen LogP contribution in [0.5, 0.6) is 5.75 Å². The van der Waals surface area contributed by atoms with Crippen molar-refractivity contribution in [3.63, 3.8) is 0 Å². The molecule has 220 valence electrons. The van der Waals surface area contributed by atoms with E-state index in [0.29, 0.717) is 23.8 Å². The predicted molar refractivity (Wildman–Crippen MR) is 164 cm³/mol. The number of amides is 2. The van der Waals surface area contributed by atoms with Gasteiger partial charge in [0, 0.05) is 24.0 Å². The van der Waals surface area contributed by atoms with Crippen molar-refractivity contribution in [1.29, 1.82) is 0 Å². The molecule has 0 aliphatic carbocycles. The number of nitrogens with zero attached hydrogens (tertiary/aromatic N) is 2. The molecule has 0 saturated heterocycles. The first-order chi connectivity index (χ1) is 19.5. The number of carbonyl (C=O) groups is 2. The Balaban J connectivity index is 2.08. The number of rotatable bonds is 14. The molecule has 3 aromatic carbocycles. The maximum atomic E-state index is 14.2. The third-order valence-electron chi connectivity index (χ3n) is 6.65. The Kier molecular flexibility index (Phi) is 11.6. The monoisotopic (exact) mass is 599 g/mol. The molecular formula is C31H38ClN3O5S. The van der Waals surface area contributed by atoms with Gasteiger partial charge in [-0.3, -0.25) is 13.9 Å². The van der Waals surface area contributed by atoms with Crippen molar-refractivity contribution < 1.29 is 22.7 Å². The number of sulfonamides is 1. The molecule has 41 heavy (non-hydrogen) atoms. The second-order valence-electron chi connectivity index (χ2n) is 9.84. The van der Waals surface area contributed by atoms with Gasteiger partial charge in [0.05, 0.1) is 18.6 Å². The Bertz CT molecular complexity index is 1400. The average Bonchev–Trinajstić information content (AvgIpc) is 2.95. The largest absolute Gasteiger partial charge is 0.492 e. The third-order valence-corrected chi connectivity index (χ3v) is 8.03. The van der Waals surface area contributed by atoms with Crippen molar-refractivity contribution >= 4 is 39.1 Å². The zero-order chi connectivity index (χ0) is 30.0. The second kappa shape index (κ2) is 14.9. The summed E-state index contributed by atoms with van der Waals surface area (Å²) in [4.78, 5) is 29.4. The number of carbonyl (C=O) groups excluding carboxylic acids is 2. The summed E-state index contributed by atoms with van der Waals surface area (Å²) in [6.45, 7) is 5.54. The van der Waals surface area contributed by atoms with Crippen molar-refractivity contribution in [3.05, 3.63) is 95.0 Å². The van der Waals surface area contributed by atoms with E-state index < -0.39 is 28.5 Å². The number of nitrogens with one attached hydrogen (secondary N) is 1. The second-order valence-corrected chi connectivity index (χ2v) is 12.2. The number of ether oxygens (including phenoxy) is 1. The van der Waals surface area contributed by atoms with Crippen LogP contribution >= 0.6 is 11.6 Å². The highest BCUT2D eigenvalue weighted by molar-refractivity contribution is 7.92. The molecular weight excluding hydrogens is 562 g/mol. The van der Waals surface area contributed by atoms with E-state index in [2.05, 4.69) is 5.32 Å². The van der Waals surface area contributed by atoms with E-state index in [1.165, 1.54) is 4.90 Å². The number of benzene rings is 3. The third kappa shape index (κ3) is 9.23. The summed E-state index contributed by atoms with van der Waals surface area (Å²) < 4.78 is 32.8. The SMILES string of the molecule is CCOc1ccccc1N(CC(=O)N(Cc1ccc(Cl)cc1)[C@H](Cc1ccccc1)C(=O)N[C@H](C)CC)S(C)(=O)=O. The zero-order valence-corrected chi connectivity index (χ0v) is 25.5. The summed E-state index contributed by atoms with van der Waals surface area (Å²) in [6.07, 6.45) is 2.01. The van der Waals surface area contributed by atoms with Gasteiger partial charge >= 0.3 is 0 Å². The Morgan fingerprint density at radius 3 is 2.17 bits per heavy atom. The van der Waals surface area contributed by atoms with Crippen LogP contribution in [0.15, 0.2) is 78.9 Å². The van der Waals surface area contributed by atoms with Gasteiger partial charge in [-0.25, -0.2) is 8.42 Å². The van der Waals surface area contributed by atoms with E-state index in [1.807, 2.05) is 44.2 Å². The highest BCUT2D eigenvalue weighted by atomic mass is 35.5. The molecule has 3 rings (SSSR count). The lowest BCUT2D eigenvalue weighted by Gasteiger charge is -2.34. The van der Waals surface area contributed by atoms with Gasteiger partial charge in [0.1, 0.15) is 18.3 Å². The molecule has 3 aromatic rings. The predicted octanol–water partition coefficient (Wildman–Crippen LogP) is 5.06. The van der Waals surface area contributed by atoms with Crippen LogP contribution in [0.4, 0.5) is 5.69 Å². The average molecular weight is 600 g/mol. The first kappa shape index (κ1) is 32.0. The smallest absolute Gasteiger partial charge is 0.244 e. The molecule has 0 saturated carbocycles. The van der Waals surface area contributed by atoms with Crippen LogP contribution in [-0.2, 0) is 32.6 Å². The van der Waals surface area contributed by atoms with Gasteiger partial charge in [-0.15, -0.1) is 0 Å². The molecule has 0 aromatic heterocycles. The Morgan fingerprint density at radius 2 is 1.56 bits per heavy atom. The standard InChI is InChI=1S/C31H38ClN3O5S/c1-5-23(3)33-31(37)28(20-24-12-8-7-9-13-24)34(21-25-16-18-26(32)19-17-25)30(36)22-35(41(4,38)39)27-14-10-11-15-29(27)40-6-2/h7-19,23,28H,5-6,20-22H2,1-4H3,(H,33,37)/t23-,28-/m1/s1. The van der Waals surface area contributed by atoms with E-state index in [4.69, 9.17) is 16.3 Å². The van der Waals surface area contributed by atoms with Crippen molar-refractivity contribution in [3.8, 4) is 5.75 Å². The first-order valence-corrected chi connectivity index (χ1v) is 15.8. The van der Waals surface area contributed by atoms with E-state index in [1.54, 1.807) is 55.5 Å². The van der Waals surface area contributed by atoms with E-state index in [0.717, 1.165) is 21.7 Å². The first-order valence-electron chi connectivity index (χ1n) is 13.6. The topological polar surface area (TPSA) is 96.0 Å². The fourth-order valence-corrected chi connectivity index (χ4v) is 5.30. The number of hydrogen-bond donors (Lipinski definition) is 1. The lowest BCUT2D eigenvalue weighted by atomic mass is 10.0. The fourth-order valence-electron chi connectivity index (χ4n) is 4.32. The zero-order valence-electron chi connectivity index (χ0n) is 23.9. The van der Waals surface area contributed by atoms with Crippen LogP contribution in [-0.4, -0.2) is 56.6 Å². The minimum Gasteiger partial charge on any atom is -0.492 e. The van der Waals surface area contributed by atoms with E-state index in [-0.39, 0.29) is 30.6 Å². The molecule has 0 spiro atoms. The number of halogens is 1. The van der Waals surface area contributed by atoms with Crippen molar-refractivity contribution in [2.45, 2.75) is 52.2 Å². The van der Waals surface area contributed by atoms with Gasteiger partial charge in [-0.05, 0) is 55.7 Å². The summed E-state index contributed by atoms with van der Waals surface area (Å²) in [5.74, 6) is -0.504. The lowest BCUT2D eigenvalue weighted by molar-refractivity contribution is -0.140. The molecule has 0 aliphatic rings. The van der Waals surface area contributed by atoms with Crippen LogP contribution in [0.3, 0.4) is 0 Å². The van der Waals surface area contributed by atoms with Crippen LogP contribution in [0, 0.1) is 0 Å².